The molecule has 2 aliphatic rings. The molecule has 104 valence electrons. The van der Waals surface area contributed by atoms with E-state index in [0.717, 1.165) is 45.2 Å². The van der Waals surface area contributed by atoms with Gasteiger partial charge in [0.05, 0.1) is 13.2 Å². The monoisotopic (exact) mass is 263 g/mol. The highest BCUT2D eigenvalue weighted by molar-refractivity contribution is 5.41. The molecule has 0 unspecified atom stereocenters. The number of ether oxygens (including phenoxy) is 1. The average Bonchev–Trinajstić information content (AvgIpc) is 3.24. The zero-order chi connectivity index (χ0) is 12.9. The van der Waals surface area contributed by atoms with E-state index in [0.29, 0.717) is 12.0 Å². The lowest BCUT2D eigenvalue weighted by Crippen LogP contribution is -2.39. The highest BCUT2D eigenvalue weighted by Crippen LogP contribution is 2.23. The van der Waals surface area contributed by atoms with Crippen molar-refractivity contribution < 1.29 is 4.74 Å². The van der Waals surface area contributed by atoms with E-state index in [-0.39, 0.29) is 0 Å². The molecule has 0 spiro atoms. The third-order valence-corrected chi connectivity index (χ3v) is 3.40. The second kappa shape index (κ2) is 6.16. The quantitative estimate of drug-likeness (QED) is 0.791. The molecule has 0 atom stereocenters. The van der Waals surface area contributed by atoms with Crippen LogP contribution in [0.4, 0.5) is 11.8 Å². The molecule has 2 N–H and O–H groups in total. The van der Waals surface area contributed by atoms with Crippen LogP contribution >= 0.6 is 0 Å². The van der Waals surface area contributed by atoms with Crippen molar-refractivity contribution in [3.05, 3.63) is 12.3 Å². The smallest absolute Gasteiger partial charge is 0.224 e. The molecule has 0 bridgehead atoms. The largest absolute Gasteiger partial charge is 0.379 e. The lowest BCUT2D eigenvalue weighted by Gasteiger charge is -2.26. The van der Waals surface area contributed by atoms with E-state index in [4.69, 9.17) is 4.74 Å². The molecule has 3 rings (SSSR count). The van der Waals surface area contributed by atoms with Crippen molar-refractivity contribution in [2.24, 2.45) is 0 Å². The summed E-state index contributed by atoms with van der Waals surface area (Å²) in [6.45, 7) is 5.60. The van der Waals surface area contributed by atoms with Gasteiger partial charge in [0.2, 0.25) is 5.95 Å². The first-order chi connectivity index (χ1) is 9.40. The van der Waals surface area contributed by atoms with Gasteiger partial charge >= 0.3 is 0 Å². The van der Waals surface area contributed by atoms with E-state index in [1.54, 1.807) is 6.20 Å². The maximum Gasteiger partial charge on any atom is 0.224 e. The Balaban J connectivity index is 1.43. The summed E-state index contributed by atoms with van der Waals surface area (Å²) in [5.74, 6) is 1.63. The Morgan fingerprint density at radius 3 is 2.95 bits per heavy atom. The van der Waals surface area contributed by atoms with E-state index >= 15 is 0 Å². The molecule has 1 aromatic heterocycles. The summed E-state index contributed by atoms with van der Waals surface area (Å²) in [5.41, 5.74) is 0. The van der Waals surface area contributed by atoms with Gasteiger partial charge in [0.1, 0.15) is 5.82 Å². The molecule has 0 aromatic carbocycles. The van der Waals surface area contributed by atoms with Gasteiger partial charge < -0.3 is 15.4 Å². The van der Waals surface area contributed by atoms with Gasteiger partial charge in [0.25, 0.3) is 0 Å². The highest BCUT2D eigenvalue weighted by atomic mass is 16.5. The van der Waals surface area contributed by atoms with Gasteiger partial charge in [-0.25, -0.2) is 4.98 Å². The molecule has 6 nitrogen and oxygen atoms in total. The number of hydrogen-bond acceptors (Lipinski definition) is 6. The minimum Gasteiger partial charge on any atom is -0.379 e. The van der Waals surface area contributed by atoms with Crippen molar-refractivity contribution in [2.45, 2.75) is 18.9 Å². The van der Waals surface area contributed by atoms with Crippen molar-refractivity contribution in [1.82, 2.24) is 14.9 Å². The van der Waals surface area contributed by atoms with Gasteiger partial charge in [-0.05, 0) is 18.9 Å². The van der Waals surface area contributed by atoms with Crippen LogP contribution in [0.3, 0.4) is 0 Å². The molecule has 2 fully saturated rings. The van der Waals surface area contributed by atoms with Gasteiger partial charge in [-0.15, -0.1) is 0 Å². The SMILES string of the molecule is c1cc(NC2CC2)nc(NCCN2CCOCC2)n1. The van der Waals surface area contributed by atoms with Crippen LogP contribution in [0.5, 0.6) is 0 Å². The number of aromatic nitrogens is 2. The van der Waals surface area contributed by atoms with Crippen LogP contribution in [0.2, 0.25) is 0 Å². The number of rotatable bonds is 6. The predicted molar refractivity (Wildman–Crippen MR) is 74.4 cm³/mol. The lowest BCUT2D eigenvalue weighted by molar-refractivity contribution is 0.0398. The second-order valence-electron chi connectivity index (χ2n) is 5.06. The Morgan fingerprint density at radius 1 is 1.32 bits per heavy atom. The minimum absolute atomic E-state index is 0.621. The predicted octanol–water partition coefficient (Wildman–Crippen LogP) is 0.795. The standard InChI is InChI=1S/C13H21N5O/c1-2-11(1)16-12-3-4-14-13(17-12)15-5-6-18-7-9-19-10-8-18/h3-4,11H,1-2,5-10H2,(H2,14,15,16,17). The normalized spacial score (nSPS) is 20.2. The van der Waals surface area contributed by atoms with Crippen molar-refractivity contribution >= 4 is 11.8 Å². The van der Waals surface area contributed by atoms with Crippen molar-refractivity contribution in [1.29, 1.82) is 0 Å². The summed E-state index contributed by atoms with van der Waals surface area (Å²) in [6.07, 6.45) is 4.31. The molecular formula is C13H21N5O. The summed E-state index contributed by atoms with van der Waals surface area (Å²) >= 11 is 0. The molecule has 1 aromatic rings. The molecule has 1 aliphatic carbocycles. The number of hydrogen-bond donors (Lipinski definition) is 2. The van der Waals surface area contributed by atoms with Crippen LogP contribution in [0.1, 0.15) is 12.8 Å². The molecular weight excluding hydrogens is 242 g/mol. The number of nitrogens with zero attached hydrogens (tertiary/aromatic N) is 3. The fourth-order valence-electron chi connectivity index (χ4n) is 2.11. The van der Waals surface area contributed by atoms with Crippen molar-refractivity contribution in [2.75, 3.05) is 50.0 Å². The number of nitrogens with one attached hydrogen (secondary N) is 2. The zero-order valence-corrected chi connectivity index (χ0v) is 11.1. The van der Waals surface area contributed by atoms with Crippen molar-refractivity contribution in [3.63, 3.8) is 0 Å². The van der Waals surface area contributed by atoms with Gasteiger partial charge in [-0.2, -0.15) is 4.98 Å². The number of anilines is 2. The topological polar surface area (TPSA) is 62.3 Å². The Bertz CT molecular complexity index is 404. The summed E-state index contributed by atoms with van der Waals surface area (Å²) in [7, 11) is 0. The highest BCUT2D eigenvalue weighted by Gasteiger charge is 2.21. The third-order valence-electron chi connectivity index (χ3n) is 3.40. The van der Waals surface area contributed by atoms with E-state index in [2.05, 4.69) is 25.5 Å². The lowest BCUT2D eigenvalue weighted by atomic mass is 10.4. The minimum atomic E-state index is 0.621. The Hall–Kier alpha value is -1.40. The van der Waals surface area contributed by atoms with Gasteiger partial charge in [-0.1, -0.05) is 0 Å². The summed E-state index contributed by atoms with van der Waals surface area (Å²) in [6, 6.07) is 2.54. The third kappa shape index (κ3) is 4.04. The maximum atomic E-state index is 5.33. The first kappa shape index (κ1) is 12.6. The number of morpholine rings is 1. The fourth-order valence-corrected chi connectivity index (χ4v) is 2.11. The van der Waals surface area contributed by atoms with Crippen LogP contribution in [-0.4, -0.2) is 60.3 Å². The molecule has 6 heteroatoms. The molecule has 0 radical (unpaired) electrons. The summed E-state index contributed by atoms with van der Waals surface area (Å²) in [5, 5.41) is 6.66. The molecule has 1 aliphatic heterocycles. The van der Waals surface area contributed by atoms with E-state index in [1.165, 1.54) is 12.8 Å². The van der Waals surface area contributed by atoms with Crippen LogP contribution in [0, 0.1) is 0 Å². The zero-order valence-electron chi connectivity index (χ0n) is 11.1. The van der Waals surface area contributed by atoms with E-state index in [9.17, 15) is 0 Å². The molecule has 1 saturated carbocycles. The summed E-state index contributed by atoms with van der Waals surface area (Å²) in [4.78, 5) is 11.1. The Morgan fingerprint density at radius 2 is 2.16 bits per heavy atom. The maximum absolute atomic E-state index is 5.33. The van der Waals surface area contributed by atoms with E-state index < -0.39 is 0 Å². The Kier molecular flexibility index (Phi) is 4.10. The Labute approximate surface area is 113 Å². The molecule has 1 saturated heterocycles. The molecule has 2 heterocycles. The summed E-state index contributed by atoms with van der Waals surface area (Å²) < 4.78 is 5.33. The van der Waals surface area contributed by atoms with Crippen LogP contribution in [0.15, 0.2) is 12.3 Å². The van der Waals surface area contributed by atoms with Crippen LogP contribution in [-0.2, 0) is 4.74 Å². The second-order valence-corrected chi connectivity index (χ2v) is 5.06. The van der Waals surface area contributed by atoms with Crippen molar-refractivity contribution in [3.8, 4) is 0 Å². The first-order valence-electron chi connectivity index (χ1n) is 7.04. The van der Waals surface area contributed by atoms with Gasteiger partial charge in [0.15, 0.2) is 0 Å². The van der Waals surface area contributed by atoms with Gasteiger partial charge in [-0.3, -0.25) is 4.90 Å². The average molecular weight is 263 g/mol. The van der Waals surface area contributed by atoms with E-state index in [1.807, 2.05) is 6.07 Å². The van der Waals surface area contributed by atoms with Crippen LogP contribution in [0.25, 0.3) is 0 Å². The van der Waals surface area contributed by atoms with Crippen LogP contribution < -0.4 is 10.6 Å². The van der Waals surface area contributed by atoms with Gasteiger partial charge in [0, 0.05) is 38.4 Å². The first-order valence-corrected chi connectivity index (χ1v) is 7.04. The fraction of sp³-hybridized carbons (Fsp3) is 0.692. The molecule has 0 amide bonds. The molecule has 19 heavy (non-hydrogen) atoms.